The molecule has 0 atom stereocenters. The van der Waals surface area contributed by atoms with E-state index >= 15 is 0 Å². The van der Waals surface area contributed by atoms with E-state index in [1.165, 1.54) is 25.3 Å². The fourth-order valence-electron chi connectivity index (χ4n) is 2.18. The number of hydrogen-bond acceptors (Lipinski definition) is 2. The molecule has 0 aromatic heterocycles. The predicted molar refractivity (Wildman–Crippen MR) is 98.5 cm³/mol. The maximum atomic E-state index is 13.4. The van der Waals surface area contributed by atoms with Gasteiger partial charge in [0, 0.05) is 12.8 Å². The summed E-state index contributed by atoms with van der Waals surface area (Å²) in [5.41, 5.74) is 0. The third-order valence-electron chi connectivity index (χ3n) is 3.55. The molecule has 0 aliphatic carbocycles. The molecule has 24 heavy (non-hydrogen) atoms. The zero-order chi connectivity index (χ0) is 18.7. The topological polar surface area (TPSA) is 26.3 Å². The van der Waals surface area contributed by atoms with E-state index in [4.69, 9.17) is 4.74 Å². The van der Waals surface area contributed by atoms with Crippen LogP contribution in [0.1, 0.15) is 98.3 Å². The molecule has 0 aliphatic rings. The number of unbranched alkanes of at least 4 members (excludes halogenated alkanes) is 7. The summed E-state index contributed by atoms with van der Waals surface area (Å²) in [5, 5.41) is 0. The van der Waals surface area contributed by atoms with Crippen LogP contribution >= 0.6 is 0 Å². The highest BCUT2D eigenvalue weighted by atomic mass is 19.3. The van der Waals surface area contributed by atoms with Gasteiger partial charge in [-0.1, -0.05) is 72.6 Å². The van der Waals surface area contributed by atoms with Gasteiger partial charge in [-0.25, -0.2) is 8.78 Å². The lowest BCUT2D eigenvalue weighted by Crippen LogP contribution is -2.12. The van der Waals surface area contributed by atoms with Crippen LogP contribution in [0.2, 0.25) is 0 Å². The molecule has 0 radical (unpaired) electrons. The number of hydrogen-bond donors (Lipinski definition) is 0. The van der Waals surface area contributed by atoms with Gasteiger partial charge in [-0.05, 0) is 25.0 Å². The number of rotatable bonds is 14. The van der Waals surface area contributed by atoms with Gasteiger partial charge in [0.1, 0.15) is 6.61 Å². The zero-order valence-electron chi connectivity index (χ0n) is 16.2. The maximum absolute atomic E-state index is 13.4. The molecule has 144 valence electrons. The van der Waals surface area contributed by atoms with Gasteiger partial charge in [-0.3, -0.25) is 4.79 Å². The van der Waals surface area contributed by atoms with Crippen LogP contribution in [-0.4, -0.2) is 18.5 Å². The Bertz CT molecular complexity index is 302. The van der Waals surface area contributed by atoms with E-state index in [2.05, 4.69) is 6.92 Å². The van der Waals surface area contributed by atoms with Gasteiger partial charge < -0.3 is 4.74 Å². The Hall–Kier alpha value is -0.930. The molecule has 0 N–H and O–H groups in total. The molecule has 0 rings (SSSR count). The lowest BCUT2D eigenvalue weighted by molar-refractivity contribution is -0.142. The smallest absolute Gasteiger partial charge is 0.306 e. The van der Waals surface area contributed by atoms with Gasteiger partial charge in [0.15, 0.2) is 0 Å². The van der Waals surface area contributed by atoms with Gasteiger partial charge in [0.2, 0.25) is 0 Å². The molecule has 0 bridgehead atoms. The standard InChI is InChI=1S/C18H32F2O2.C2H6/c1-3-5-7-8-9-10-13-17(21)22-16-12-15-18(19,20)14-11-6-4-2;1-2/h12,15H,3-11,13-14,16H2,1-2H3;1-2H3/b15-12+;. The first-order valence-corrected chi connectivity index (χ1v) is 9.73. The number of esters is 1. The van der Waals surface area contributed by atoms with E-state index in [1.54, 1.807) is 0 Å². The zero-order valence-corrected chi connectivity index (χ0v) is 16.2. The predicted octanol–water partition coefficient (Wildman–Crippen LogP) is 7.08. The molecular weight excluding hydrogens is 310 g/mol. The number of alkyl halides is 2. The second-order valence-electron chi connectivity index (χ2n) is 5.82. The molecule has 0 amide bonds. The van der Waals surface area contributed by atoms with Gasteiger partial charge in [-0.2, -0.15) is 0 Å². The van der Waals surface area contributed by atoms with Crippen molar-refractivity contribution in [3.05, 3.63) is 12.2 Å². The second kappa shape index (κ2) is 18.4. The van der Waals surface area contributed by atoms with E-state index in [-0.39, 0.29) is 19.0 Å². The summed E-state index contributed by atoms with van der Waals surface area (Å²) in [5.74, 6) is -3.09. The minimum atomic E-state index is -2.79. The lowest BCUT2D eigenvalue weighted by Gasteiger charge is -2.11. The summed E-state index contributed by atoms with van der Waals surface area (Å²) in [6.07, 6.45) is 11.3. The van der Waals surface area contributed by atoms with Crippen molar-refractivity contribution in [2.24, 2.45) is 0 Å². The van der Waals surface area contributed by atoms with Crippen molar-refractivity contribution in [1.82, 2.24) is 0 Å². The normalized spacial score (nSPS) is 11.2. The Balaban J connectivity index is 0. The molecular formula is C20H38F2O2. The lowest BCUT2D eigenvalue weighted by atomic mass is 10.1. The van der Waals surface area contributed by atoms with Crippen molar-refractivity contribution >= 4 is 5.97 Å². The maximum Gasteiger partial charge on any atom is 0.306 e. The first-order chi connectivity index (χ1) is 11.5. The SMILES string of the molecule is CC.CCCCCCCCC(=O)OC/C=C/C(F)(F)CCCCC. The molecule has 0 aromatic rings. The quantitative estimate of drug-likeness (QED) is 0.190. The fraction of sp³-hybridized carbons (Fsp3) is 0.850. The molecule has 4 heteroatoms. The fourth-order valence-corrected chi connectivity index (χ4v) is 2.18. The van der Waals surface area contributed by atoms with Crippen LogP contribution < -0.4 is 0 Å². The monoisotopic (exact) mass is 348 g/mol. The minimum Gasteiger partial charge on any atom is -0.461 e. The third-order valence-corrected chi connectivity index (χ3v) is 3.55. The highest BCUT2D eigenvalue weighted by Crippen LogP contribution is 2.23. The summed E-state index contributed by atoms with van der Waals surface area (Å²) in [4.78, 5) is 11.4. The highest BCUT2D eigenvalue weighted by Gasteiger charge is 2.23. The van der Waals surface area contributed by atoms with Crippen LogP contribution in [0.4, 0.5) is 8.78 Å². The van der Waals surface area contributed by atoms with Crippen LogP contribution in [-0.2, 0) is 9.53 Å². The van der Waals surface area contributed by atoms with Crippen LogP contribution in [0.25, 0.3) is 0 Å². The summed E-state index contributed by atoms with van der Waals surface area (Å²) >= 11 is 0. The van der Waals surface area contributed by atoms with Crippen molar-refractivity contribution in [2.45, 2.75) is 104 Å². The molecule has 0 unspecified atom stereocenters. The Kier molecular flexibility index (Phi) is 19.4. The van der Waals surface area contributed by atoms with Gasteiger partial charge in [0.05, 0.1) is 0 Å². The molecule has 0 saturated heterocycles. The third kappa shape index (κ3) is 19.1. The van der Waals surface area contributed by atoms with Crippen LogP contribution in [0.5, 0.6) is 0 Å². The van der Waals surface area contributed by atoms with E-state index < -0.39 is 5.92 Å². The van der Waals surface area contributed by atoms with Crippen molar-refractivity contribution < 1.29 is 18.3 Å². The van der Waals surface area contributed by atoms with E-state index in [9.17, 15) is 13.6 Å². The number of carbonyl (C=O) groups is 1. The average Bonchev–Trinajstić information content (AvgIpc) is 2.57. The Morgan fingerprint density at radius 2 is 1.46 bits per heavy atom. The minimum absolute atomic E-state index is 0.0575. The number of allylic oxidation sites excluding steroid dienone is 1. The van der Waals surface area contributed by atoms with E-state index in [1.807, 2.05) is 20.8 Å². The van der Waals surface area contributed by atoms with Crippen molar-refractivity contribution in [1.29, 1.82) is 0 Å². The molecule has 0 heterocycles. The summed E-state index contributed by atoms with van der Waals surface area (Å²) in [6.45, 7) is 8.09. The summed E-state index contributed by atoms with van der Waals surface area (Å²) < 4.78 is 31.7. The number of ether oxygens (including phenoxy) is 1. The summed E-state index contributed by atoms with van der Waals surface area (Å²) in [6, 6.07) is 0. The first kappa shape index (κ1) is 25.3. The van der Waals surface area contributed by atoms with Crippen molar-refractivity contribution in [3.8, 4) is 0 Å². The van der Waals surface area contributed by atoms with Gasteiger partial charge in [0.25, 0.3) is 5.92 Å². The molecule has 0 fully saturated rings. The van der Waals surface area contributed by atoms with Crippen LogP contribution in [0.3, 0.4) is 0 Å². The summed E-state index contributed by atoms with van der Waals surface area (Å²) in [7, 11) is 0. The molecule has 0 aromatic carbocycles. The van der Waals surface area contributed by atoms with E-state index in [0.717, 1.165) is 38.2 Å². The second-order valence-corrected chi connectivity index (χ2v) is 5.82. The van der Waals surface area contributed by atoms with Crippen molar-refractivity contribution in [2.75, 3.05) is 6.61 Å². The number of carbonyl (C=O) groups excluding carboxylic acids is 1. The van der Waals surface area contributed by atoms with Crippen LogP contribution in [0.15, 0.2) is 12.2 Å². The van der Waals surface area contributed by atoms with Crippen LogP contribution in [0, 0.1) is 0 Å². The molecule has 0 spiro atoms. The molecule has 2 nitrogen and oxygen atoms in total. The van der Waals surface area contributed by atoms with Gasteiger partial charge >= 0.3 is 5.97 Å². The van der Waals surface area contributed by atoms with Crippen molar-refractivity contribution in [3.63, 3.8) is 0 Å². The first-order valence-electron chi connectivity index (χ1n) is 9.73. The Labute approximate surface area is 148 Å². The average molecular weight is 349 g/mol. The van der Waals surface area contributed by atoms with Gasteiger partial charge in [-0.15, -0.1) is 0 Å². The highest BCUT2D eigenvalue weighted by molar-refractivity contribution is 5.69. The molecule has 0 aliphatic heterocycles. The Morgan fingerprint density at radius 1 is 0.917 bits per heavy atom. The molecule has 0 saturated carbocycles. The number of halogens is 2. The Morgan fingerprint density at radius 3 is 2.08 bits per heavy atom. The largest absolute Gasteiger partial charge is 0.461 e. The van der Waals surface area contributed by atoms with E-state index in [0.29, 0.717) is 12.8 Å².